The van der Waals surface area contributed by atoms with Crippen LogP contribution in [0.5, 0.6) is 0 Å². The number of aryl methyl sites for hydroxylation is 2. The van der Waals surface area contributed by atoms with Crippen LogP contribution in [-0.2, 0) is 0 Å². The summed E-state index contributed by atoms with van der Waals surface area (Å²) in [6.07, 6.45) is -1.15. The van der Waals surface area contributed by atoms with Gasteiger partial charge in [0.2, 0.25) is 0 Å². The maximum absolute atomic E-state index is 13.6. The number of hydrogen-bond donors (Lipinski definition) is 1. The van der Waals surface area contributed by atoms with Crippen molar-refractivity contribution in [2.24, 2.45) is 0 Å². The molecule has 18 heavy (non-hydrogen) atoms. The van der Waals surface area contributed by atoms with Gasteiger partial charge in [0, 0.05) is 5.56 Å². The summed E-state index contributed by atoms with van der Waals surface area (Å²) in [5, 5.41) is 10.1. The van der Waals surface area contributed by atoms with Crippen LogP contribution >= 0.6 is 0 Å². The Hall–Kier alpha value is -1.74. The first-order valence-electron chi connectivity index (χ1n) is 5.69. The van der Waals surface area contributed by atoms with Gasteiger partial charge >= 0.3 is 0 Å². The first kappa shape index (κ1) is 12.7. The predicted octanol–water partition coefficient (Wildman–Crippen LogP) is 3.66. The second kappa shape index (κ2) is 4.86. The van der Waals surface area contributed by atoms with E-state index < -0.39 is 17.7 Å². The highest BCUT2D eigenvalue weighted by Crippen LogP contribution is 2.26. The van der Waals surface area contributed by atoms with E-state index in [1.165, 1.54) is 0 Å². The molecule has 2 aromatic carbocycles. The van der Waals surface area contributed by atoms with Crippen molar-refractivity contribution in [1.29, 1.82) is 0 Å². The molecule has 0 radical (unpaired) electrons. The van der Waals surface area contributed by atoms with Crippen LogP contribution in [0.25, 0.3) is 0 Å². The van der Waals surface area contributed by atoms with E-state index in [4.69, 9.17) is 0 Å². The molecule has 0 fully saturated rings. The second-order valence-corrected chi connectivity index (χ2v) is 4.41. The summed E-state index contributed by atoms with van der Waals surface area (Å²) in [5.41, 5.74) is 2.61. The predicted molar refractivity (Wildman–Crippen MR) is 66.3 cm³/mol. The molecule has 1 unspecified atom stereocenters. The molecule has 1 atom stereocenters. The molecular weight excluding hydrogens is 234 g/mol. The average Bonchev–Trinajstić information content (AvgIpc) is 2.35. The SMILES string of the molecule is Cc1ccc(C(O)c2cc(F)ccc2F)cc1C. The minimum atomic E-state index is -1.15. The Morgan fingerprint density at radius 1 is 0.944 bits per heavy atom. The smallest absolute Gasteiger partial charge is 0.129 e. The van der Waals surface area contributed by atoms with Gasteiger partial charge in [0.05, 0.1) is 0 Å². The summed E-state index contributed by atoms with van der Waals surface area (Å²) < 4.78 is 26.6. The molecular formula is C15H14F2O. The first-order valence-corrected chi connectivity index (χ1v) is 5.69. The van der Waals surface area contributed by atoms with Gasteiger partial charge in [0.15, 0.2) is 0 Å². The Morgan fingerprint density at radius 2 is 1.67 bits per heavy atom. The van der Waals surface area contributed by atoms with E-state index >= 15 is 0 Å². The third-order valence-corrected chi connectivity index (χ3v) is 3.10. The van der Waals surface area contributed by atoms with E-state index in [0.29, 0.717) is 5.56 Å². The Bertz CT molecular complexity index is 579. The Morgan fingerprint density at radius 3 is 2.33 bits per heavy atom. The van der Waals surface area contributed by atoms with Crippen LogP contribution in [0.15, 0.2) is 36.4 Å². The number of aliphatic hydroxyl groups is 1. The van der Waals surface area contributed by atoms with Crippen molar-refractivity contribution >= 4 is 0 Å². The molecule has 0 bridgehead atoms. The molecule has 2 rings (SSSR count). The quantitative estimate of drug-likeness (QED) is 0.859. The minimum Gasteiger partial charge on any atom is -0.384 e. The van der Waals surface area contributed by atoms with E-state index in [-0.39, 0.29) is 5.56 Å². The lowest BCUT2D eigenvalue weighted by molar-refractivity contribution is 0.214. The molecule has 0 aliphatic rings. The summed E-state index contributed by atoms with van der Waals surface area (Å²) >= 11 is 0. The van der Waals surface area contributed by atoms with E-state index in [2.05, 4.69) is 0 Å². The fraction of sp³-hybridized carbons (Fsp3) is 0.200. The van der Waals surface area contributed by atoms with E-state index in [0.717, 1.165) is 29.3 Å². The lowest BCUT2D eigenvalue weighted by atomic mass is 9.97. The molecule has 0 amide bonds. The fourth-order valence-electron chi connectivity index (χ4n) is 1.84. The average molecular weight is 248 g/mol. The molecule has 0 spiro atoms. The van der Waals surface area contributed by atoms with Crippen LogP contribution < -0.4 is 0 Å². The number of aliphatic hydroxyl groups excluding tert-OH is 1. The second-order valence-electron chi connectivity index (χ2n) is 4.41. The van der Waals surface area contributed by atoms with Crippen molar-refractivity contribution < 1.29 is 13.9 Å². The molecule has 94 valence electrons. The Labute approximate surface area is 105 Å². The molecule has 0 saturated heterocycles. The highest BCUT2D eigenvalue weighted by Gasteiger charge is 2.16. The van der Waals surface area contributed by atoms with Crippen molar-refractivity contribution in [2.75, 3.05) is 0 Å². The molecule has 2 aromatic rings. The van der Waals surface area contributed by atoms with Gasteiger partial charge in [-0.25, -0.2) is 8.78 Å². The van der Waals surface area contributed by atoms with Crippen molar-refractivity contribution in [3.63, 3.8) is 0 Å². The molecule has 0 aromatic heterocycles. The summed E-state index contributed by atoms with van der Waals surface area (Å²) in [6, 6.07) is 8.43. The minimum absolute atomic E-state index is 0.0433. The van der Waals surface area contributed by atoms with Crippen LogP contribution in [-0.4, -0.2) is 5.11 Å². The maximum atomic E-state index is 13.6. The highest BCUT2D eigenvalue weighted by atomic mass is 19.1. The van der Waals surface area contributed by atoms with Crippen LogP contribution in [0.3, 0.4) is 0 Å². The lowest BCUT2D eigenvalue weighted by Gasteiger charge is -2.14. The highest BCUT2D eigenvalue weighted by molar-refractivity contribution is 5.36. The monoisotopic (exact) mass is 248 g/mol. The van der Waals surface area contributed by atoms with Crippen LogP contribution in [0.1, 0.15) is 28.4 Å². The van der Waals surface area contributed by atoms with Gasteiger partial charge in [-0.05, 0) is 48.7 Å². The Balaban J connectivity index is 2.44. The number of rotatable bonds is 2. The topological polar surface area (TPSA) is 20.2 Å². The van der Waals surface area contributed by atoms with Crippen LogP contribution in [0, 0.1) is 25.5 Å². The lowest BCUT2D eigenvalue weighted by Crippen LogP contribution is -2.04. The van der Waals surface area contributed by atoms with Gasteiger partial charge in [0.25, 0.3) is 0 Å². The van der Waals surface area contributed by atoms with Crippen molar-refractivity contribution in [1.82, 2.24) is 0 Å². The van der Waals surface area contributed by atoms with E-state index in [1.807, 2.05) is 19.9 Å². The summed E-state index contributed by atoms with van der Waals surface area (Å²) in [7, 11) is 0. The third-order valence-electron chi connectivity index (χ3n) is 3.10. The zero-order chi connectivity index (χ0) is 13.3. The van der Waals surface area contributed by atoms with Gasteiger partial charge in [0.1, 0.15) is 17.7 Å². The van der Waals surface area contributed by atoms with Gasteiger partial charge in [-0.3, -0.25) is 0 Å². The molecule has 0 aliphatic carbocycles. The summed E-state index contributed by atoms with van der Waals surface area (Å²) in [4.78, 5) is 0. The molecule has 3 heteroatoms. The number of halogens is 2. The van der Waals surface area contributed by atoms with Gasteiger partial charge in [-0.15, -0.1) is 0 Å². The molecule has 0 saturated carbocycles. The van der Waals surface area contributed by atoms with Crippen molar-refractivity contribution in [3.05, 3.63) is 70.3 Å². The fourth-order valence-corrected chi connectivity index (χ4v) is 1.84. The molecule has 1 nitrogen and oxygen atoms in total. The Kier molecular flexibility index (Phi) is 3.43. The van der Waals surface area contributed by atoms with Crippen molar-refractivity contribution in [2.45, 2.75) is 20.0 Å². The normalized spacial score (nSPS) is 12.5. The van der Waals surface area contributed by atoms with Gasteiger partial charge in [-0.1, -0.05) is 18.2 Å². The van der Waals surface area contributed by atoms with Crippen LogP contribution in [0.2, 0.25) is 0 Å². The zero-order valence-electron chi connectivity index (χ0n) is 10.2. The largest absolute Gasteiger partial charge is 0.384 e. The standard InChI is InChI=1S/C15H14F2O/c1-9-3-4-11(7-10(9)2)15(18)13-8-12(16)5-6-14(13)17/h3-8,15,18H,1-2H3. The zero-order valence-corrected chi connectivity index (χ0v) is 10.2. The van der Waals surface area contributed by atoms with Crippen LogP contribution in [0.4, 0.5) is 8.78 Å². The number of benzene rings is 2. The maximum Gasteiger partial charge on any atom is 0.129 e. The molecule has 0 aliphatic heterocycles. The molecule has 1 N–H and O–H groups in total. The van der Waals surface area contributed by atoms with Crippen molar-refractivity contribution in [3.8, 4) is 0 Å². The summed E-state index contributed by atoms with van der Waals surface area (Å²) in [6.45, 7) is 3.86. The van der Waals surface area contributed by atoms with Gasteiger partial charge < -0.3 is 5.11 Å². The third kappa shape index (κ3) is 2.41. The first-order chi connectivity index (χ1) is 8.49. The van der Waals surface area contributed by atoms with E-state index in [9.17, 15) is 13.9 Å². The number of hydrogen-bond acceptors (Lipinski definition) is 1. The van der Waals surface area contributed by atoms with Gasteiger partial charge in [-0.2, -0.15) is 0 Å². The summed E-state index contributed by atoms with van der Waals surface area (Å²) in [5.74, 6) is -1.17. The van der Waals surface area contributed by atoms with E-state index in [1.54, 1.807) is 12.1 Å². The molecule has 0 heterocycles.